The van der Waals surface area contributed by atoms with Crippen molar-refractivity contribution >= 4 is 11.7 Å². The fourth-order valence-electron chi connectivity index (χ4n) is 4.21. The number of rotatable bonds is 4. The molecule has 0 aromatic heterocycles. The zero-order chi connectivity index (χ0) is 19.7. The minimum absolute atomic E-state index is 0.0465. The average Bonchev–Trinajstić information content (AvgIpc) is 2.73. The van der Waals surface area contributed by atoms with Crippen LogP contribution in [0.15, 0.2) is 59.8 Å². The molecule has 2 aliphatic rings. The summed E-state index contributed by atoms with van der Waals surface area (Å²) in [6, 6.07) is 15.4. The number of nitrogens with one attached hydrogen (secondary N) is 1. The number of hydrogen-bond donors (Lipinski definition) is 1. The molecule has 0 bridgehead atoms. The fourth-order valence-corrected chi connectivity index (χ4v) is 4.21. The van der Waals surface area contributed by atoms with E-state index < -0.39 is 0 Å². The van der Waals surface area contributed by atoms with Gasteiger partial charge < -0.3 is 14.8 Å². The van der Waals surface area contributed by atoms with E-state index in [-0.39, 0.29) is 29.9 Å². The first kappa shape index (κ1) is 18.3. The summed E-state index contributed by atoms with van der Waals surface area (Å²) >= 11 is 0. The van der Waals surface area contributed by atoms with Crippen molar-refractivity contribution in [2.75, 3.05) is 14.2 Å². The van der Waals surface area contributed by atoms with Crippen molar-refractivity contribution in [2.45, 2.75) is 31.1 Å². The lowest BCUT2D eigenvalue weighted by Gasteiger charge is -2.34. The van der Waals surface area contributed by atoms with E-state index in [2.05, 4.69) is 5.32 Å². The van der Waals surface area contributed by atoms with E-state index >= 15 is 0 Å². The molecule has 1 amide bonds. The van der Waals surface area contributed by atoms with Gasteiger partial charge in [0.25, 0.3) is 0 Å². The number of Topliss-reactive ketones (excluding diaryl/α,β-unsaturated/α-hetero) is 1. The molecule has 1 aliphatic carbocycles. The Balaban J connectivity index is 1.68. The molecule has 1 aliphatic heterocycles. The van der Waals surface area contributed by atoms with Crippen molar-refractivity contribution in [2.24, 2.45) is 0 Å². The molecule has 0 radical (unpaired) electrons. The van der Waals surface area contributed by atoms with Crippen molar-refractivity contribution in [3.63, 3.8) is 0 Å². The molecule has 5 heteroatoms. The van der Waals surface area contributed by atoms with Crippen molar-refractivity contribution in [1.82, 2.24) is 5.32 Å². The van der Waals surface area contributed by atoms with Crippen LogP contribution in [0.5, 0.6) is 11.5 Å². The predicted molar refractivity (Wildman–Crippen MR) is 105 cm³/mol. The summed E-state index contributed by atoms with van der Waals surface area (Å²) in [4.78, 5) is 25.5. The SMILES string of the molecule is COc1ccc([C@@H]2CC(=O)C3=C(C2)NC(=O)C[C@@H]3c2cccc(OC)c2)cc1. The Morgan fingerprint density at radius 3 is 2.32 bits per heavy atom. The van der Waals surface area contributed by atoms with Crippen LogP contribution in [-0.2, 0) is 9.59 Å². The van der Waals surface area contributed by atoms with Crippen molar-refractivity contribution in [3.05, 3.63) is 70.9 Å². The number of carbonyl (C=O) groups is 2. The van der Waals surface area contributed by atoms with Crippen LogP contribution in [-0.4, -0.2) is 25.9 Å². The van der Waals surface area contributed by atoms with Gasteiger partial charge in [-0.1, -0.05) is 24.3 Å². The Morgan fingerprint density at radius 2 is 1.61 bits per heavy atom. The molecule has 2 atom stereocenters. The summed E-state index contributed by atoms with van der Waals surface area (Å²) in [5.74, 6) is 1.41. The van der Waals surface area contributed by atoms with Gasteiger partial charge >= 0.3 is 0 Å². The average molecular weight is 377 g/mol. The van der Waals surface area contributed by atoms with Gasteiger partial charge in [0.05, 0.1) is 14.2 Å². The summed E-state index contributed by atoms with van der Waals surface area (Å²) in [5.41, 5.74) is 3.54. The molecule has 0 saturated heterocycles. The highest BCUT2D eigenvalue weighted by Gasteiger charge is 2.38. The van der Waals surface area contributed by atoms with Crippen LogP contribution in [0.2, 0.25) is 0 Å². The van der Waals surface area contributed by atoms with Crippen LogP contribution in [0, 0.1) is 0 Å². The predicted octanol–water partition coefficient (Wildman–Crippen LogP) is 3.71. The van der Waals surface area contributed by atoms with Crippen molar-refractivity contribution in [3.8, 4) is 11.5 Å². The highest BCUT2D eigenvalue weighted by Crippen LogP contribution is 2.43. The van der Waals surface area contributed by atoms with Gasteiger partial charge in [0.1, 0.15) is 11.5 Å². The highest BCUT2D eigenvalue weighted by atomic mass is 16.5. The number of allylic oxidation sites excluding steroid dienone is 2. The first-order chi connectivity index (χ1) is 13.6. The fraction of sp³-hybridized carbons (Fsp3) is 0.304. The maximum Gasteiger partial charge on any atom is 0.225 e. The maximum absolute atomic E-state index is 13.1. The minimum Gasteiger partial charge on any atom is -0.497 e. The van der Waals surface area contributed by atoms with E-state index in [1.807, 2.05) is 48.5 Å². The molecule has 144 valence electrons. The van der Waals surface area contributed by atoms with Gasteiger partial charge in [-0.3, -0.25) is 9.59 Å². The second kappa shape index (κ2) is 7.50. The minimum atomic E-state index is -0.219. The molecule has 0 fully saturated rings. The number of carbonyl (C=O) groups excluding carboxylic acids is 2. The Labute approximate surface area is 164 Å². The lowest BCUT2D eigenvalue weighted by molar-refractivity contribution is -0.122. The second-order valence-corrected chi connectivity index (χ2v) is 7.28. The smallest absolute Gasteiger partial charge is 0.225 e. The molecule has 1 heterocycles. The van der Waals surface area contributed by atoms with Crippen LogP contribution < -0.4 is 14.8 Å². The number of ketones is 1. The number of benzene rings is 2. The summed E-state index contributed by atoms with van der Waals surface area (Å²) in [5, 5.41) is 2.96. The number of hydrogen-bond acceptors (Lipinski definition) is 4. The van der Waals surface area contributed by atoms with Crippen molar-refractivity contribution < 1.29 is 19.1 Å². The topological polar surface area (TPSA) is 64.6 Å². The second-order valence-electron chi connectivity index (χ2n) is 7.28. The molecule has 5 nitrogen and oxygen atoms in total. The number of methoxy groups -OCH3 is 2. The highest BCUT2D eigenvalue weighted by molar-refractivity contribution is 6.02. The lowest BCUT2D eigenvalue weighted by atomic mass is 9.73. The molecular formula is C23H23NO4. The third-order valence-corrected chi connectivity index (χ3v) is 5.62. The maximum atomic E-state index is 13.1. The molecule has 4 rings (SSSR count). The van der Waals surface area contributed by atoms with Gasteiger partial charge in [0.2, 0.25) is 5.91 Å². The molecule has 28 heavy (non-hydrogen) atoms. The first-order valence-electron chi connectivity index (χ1n) is 9.43. The Morgan fingerprint density at radius 1 is 0.857 bits per heavy atom. The molecule has 2 aromatic carbocycles. The summed E-state index contributed by atoms with van der Waals surface area (Å²) in [6.45, 7) is 0. The van der Waals surface area contributed by atoms with E-state index in [0.29, 0.717) is 12.8 Å². The molecule has 1 N–H and O–H groups in total. The molecule has 0 saturated carbocycles. The third-order valence-electron chi connectivity index (χ3n) is 5.62. The van der Waals surface area contributed by atoms with Crippen LogP contribution in [0.1, 0.15) is 42.2 Å². The third kappa shape index (κ3) is 3.40. The van der Waals surface area contributed by atoms with Gasteiger partial charge in [0, 0.05) is 30.0 Å². The summed E-state index contributed by atoms with van der Waals surface area (Å²) in [7, 11) is 3.25. The zero-order valence-corrected chi connectivity index (χ0v) is 16.0. The van der Waals surface area contributed by atoms with E-state index in [9.17, 15) is 9.59 Å². The van der Waals surface area contributed by atoms with E-state index in [4.69, 9.17) is 9.47 Å². The van der Waals surface area contributed by atoms with Crippen molar-refractivity contribution in [1.29, 1.82) is 0 Å². The molecule has 2 aromatic rings. The lowest BCUT2D eigenvalue weighted by Crippen LogP contribution is -2.38. The number of amides is 1. The van der Waals surface area contributed by atoms with Gasteiger partial charge in [-0.2, -0.15) is 0 Å². The summed E-state index contributed by atoms with van der Waals surface area (Å²) < 4.78 is 10.5. The monoisotopic (exact) mass is 377 g/mol. The molecule has 0 spiro atoms. The standard InChI is InChI=1S/C23H23NO4/c1-27-17-8-6-14(7-9-17)16-11-20-23(21(25)12-16)19(13-22(26)24-20)15-4-3-5-18(10-15)28-2/h3-10,16,19H,11-13H2,1-2H3,(H,24,26)/t16-,19+/m0/s1. The summed E-state index contributed by atoms with van der Waals surface area (Å²) in [6.07, 6.45) is 1.38. The Kier molecular flexibility index (Phi) is 4.90. The van der Waals surface area contributed by atoms with Gasteiger partial charge in [-0.05, 0) is 47.7 Å². The van der Waals surface area contributed by atoms with E-state index in [1.165, 1.54) is 0 Å². The Bertz CT molecular complexity index is 945. The molecule has 0 unspecified atom stereocenters. The molecular weight excluding hydrogens is 354 g/mol. The van der Waals surface area contributed by atoms with Gasteiger partial charge in [-0.15, -0.1) is 0 Å². The van der Waals surface area contributed by atoms with Crippen LogP contribution in [0.4, 0.5) is 0 Å². The van der Waals surface area contributed by atoms with E-state index in [0.717, 1.165) is 33.9 Å². The Hall–Kier alpha value is -3.08. The normalized spacial score (nSPS) is 21.8. The zero-order valence-electron chi connectivity index (χ0n) is 16.0. The van der Waals surface area contributed by atoms with Gasteiger partial charge in [0.15, 0.2) is 5.78 Å². The van der Waals surface area contributed by atoms with Crippen LogP contribution >= 0.6 is 0 Å². The van der Waals surface area contributed by atoms with E-state index in [1.54, 1.807) is 14.2 Å². The first-order valence-corrected chi connectivity index (χ1v) is 9.43. The van der Waals surface area contributed by atoms with Crippen LogP contribution in [0.25, 0.3) is 0 Å². The largest absolute Gasteiger partial charge is 0.497 e. The van der Waals surface area contributed by atoms with Crippen LogP contribution in [0.3, 0.4) is 0 Å². The number of ether oxygens (including phenoxy) is 2. The van der Waals surface area contributed by atoms with Gasteiger partial charge in [-0.25, -0.2) is 0 Å². The quantitative estimate of drug-likeness (QED) is 0.882.